The van der Waals surface area contributed by atoms with Crippen molar-refractivity contribution in [1.82, 2.24) is 10.6 Å². The number of ether oxygens (including phenoxy) is 1. The van der Waals surface area contributed by atoms with Gasteiger partial charge >= 0.3 is 0 Å². The normalized spacial score (nSPS) is 25.1. The molecule has 2 aliphatic rings. The van der Waals surface area contributed by atoms with Gasteiger partial charge in [0.2, 0.25) is 5.91 Å². The Kier molecular flexibility index (Phi) is 4.49. The molecular weight excluding hydrogens is 300 g/mol. The fraction of sp³-hybridized carbons (Fsp3) is 0.625. The molecule has 2 aliphatic carbocycles. The van der Waals surface area contributed by atoms with E-state index in [0.29, 0.717) is 5.56 Å². The van der Waals surface area contributed by atoms with E-state index in [1.807, 2.05) is 12.3 Å². The molecule has 6 heteroatoms. The fourth-order valence-corrected chi connectivity index (χ4v) is 4.18. The summed E-state index contributed by atoms with van der Waals surface area (Å²) in [6, 6.07) is 1.95. The molecule has 2 fully saturated rings. The van der Waals surface area contributed by atoms with E-state index in [9.17, 15) is 9.59 Å². The van der Waals surface area contributed by atoms with Crippen molar-refractivity contribution < 1.29 is 14.3 Å². The van der Waals surface area contributed by atoms with Gasteiger partial charge in [-0.05, 0) is 37.6 Å². The Labute approximate surface area is 134 Å². The van der Waals surface area contributed by atoms with E-state index in [4.69, 9.17) is 4.74 Å². The molecule has 0 radical (unpaired) electrons. The molecule has 0 aromatic carbocycles. The third kappa shape index (κ3) is 2.77. The monoisotopic (exact) mass is 322 g/mol. The summed E-state index contributed by atoms with van der Waals surface area (Å²) < 4.78 is 5.77. The summed E-state index contributed by atoms with van der Waals surface area (Å²) >= 11 is 1.47. The molecule has 0 bridgehead atoms. The van der Waals surface area contributed by atoms with Crippen molar-refractivity contribution in [3.8, 4) is 0 Å². The molecule has 2 saturated carbocycles. The zero-order valence-corrected chi connectivity index (χ0v) is 13.6. The van der Waals surface area contributed by atoms with Crippen LogP contribution in [0.25, 0.3) is 0 Å². The van der Waals surface area contributed by atoms with Crippen LogP contribution in [0.2, 0.25) is 0 Å². The first kappa shape index (κ1) is 15.5. The van der Waals surface area contributed by atoms with Crippen molar-refractivity contribution in [3.63, 3.8) is 0 Å². The third-order valence-electron chi connectivity index (χ3n) is 4.97. The first-order valence-electron chi connectivity index (χ1n) is 7.87. The summed E-state index contributed by atoms with van der Waals surface area (Å²) in [6.07, 6.45) is 4.65. The van der Waals surface area contributed by atoms with Gasteiger partial charge in [-0.25, -0.2) is 0 Å². The Morgan fingerprint density at radius 3 is 2.86 bits per heavy atom. The first-order valence-corrected chi connectivity index (χ1v) is 8.81. The predicted molar refractivity (Wildman–Crippen MR) is 84.9 cm³/mol. The second kappa shape index (κ2) is 6.38. The maximum Gasteiger partial charge on any atom is 0.252 e. The second-order valence-corrected chi connectivity index (χ2v) is 6.86. The lowest BCUT2D eigenvalue weighted by atomic mass is 9.51. The van der Waals surface area contributed by atoms with Crippen LogP contribution in [-0.4, -0.2) is 37.1 Å². The van der Waals surface area contributed by atoms with E-state index in [1.165, 1.54) is 17.8 Å². The van der Waals surface area contributed by atoms with Crippen molar-refractivity contribution in [2.45, 2.75) is 44.8 Å². The maximum atomic E-state index is 12.0. The summed E-state index contributed by atoms with van der Waals surface area (Å²) in [5.41, 5.74) is 0.761. The largest absolute Gasteiger partial charge is 0.378 e. The molecule has 1 aromatic rings. The summed E-state index contributed by atoms with van der Waals surface area (Å²) in [6.45, 7) is 2.77. The standard InChI is InChI=1S/C16H22N2O3S/c1-2-21-13-8-12(16(13)5-3-6-16)18-14(19)9-17-15(20)11-4-7-22-10-11/h4,7,10,12-13H,2-3,5-6,8-9H2,1H3,(H,17,20)(H,18,19)/t12-,13+/m1/s1. The van der Waals surface area contributed by atoms with Crippen LogP contribution in [0.5, 0.6) is 0 Å². The molecule has 1 heterocycles. The van der Waals surface area contributed by atoms with Crippen molar-refractivity contribution >= 4 is 23.2 Å². The minimum absolute atomic E-state index is 0.0283. The molecule has 0 saturated heterocycles. The summed E-state index contributed by atoms with van der Waals surface area (Å²) in [4.78, 5) is 23.9. The van der Waals surface area contributed by atoms with Gasteiger partial charge < -0.3 is 15.4 Å². The smallest absolute Gasteiger partial charge is 0.252 e. The Balaban J connectivity index is 1.45. The summed E-state index contributed by atoms with van der Waals surface area (Å²) in [5, 5.41) is 9.35. The van der Waals surface area contributed by atoms with Gasteiger partial charge in [-0.3, -0.25) is 9.59 Å². The summed E-state index contributed by atoms with van der Waals surface area (Å²) in [5.74, 6) is -0.314. The Bertz CT molecular complexity index is 540. The zero-order valence-electron chi connectivity index (χ0n) is 12.8. The Morgan fingerprint density at radius 1 is 1.45 bits per heavy atom. The predicted octanol–water partition coefficient (Wildman–Crippen LogP) is 1.94. The van der Waals surface area contributed by atoms with Crippen molar-refractivity contribution in [3.05, 3.63) is 22.4 Å². The summed E-state index contributed by atoms with van der Waals surface area (Å²) in [7, 11) is 0. The van der Waals surface area contributed by atoms with E-state index in [-0.39, 0.29) is 35.9 Å². The first-order chi connectivity index (χ1) is 10.7. The van der Waals surface area contributed by atoms with Gasteiger partial charge in [-0.15, -0.1) is 0 Å². The number of carbonyl (C=O) groups is 2. The molecule has 2 N–H and O–H groups in total. The van der Waals surface area contributed by atoms with E-state index < -0.39 is 0 Å². The van der Waals surface area contributed by atoms with Crippen LogP contribution in [0.3, 0.4) is 0 Å². The molecule has 3 rings (SSSR count). The van der Waals surface area contributed by atoms with Gasteiger partial charge in [0.1, 0.15) is 0 Å². The average molecular weight is 322 g/mol. The highest BCUT2D eigenvalue weighted by atomic mass is 32.1. The molecule has 2 atom stereocenters. The van der Waals surface area contributed by atoms with Crippen LogP contribution in [-0.2, 0) is 9.53 Å². The van der Waals surface area contributed by atoms with Crippen molar-refractivity contribution in [2.75, 3.05) is 13.2 Å². The van der Waals surface area contributed by atoms with Crippen LogP contribution < -0.4 is 10.6 Å². The lowest BCUT2D eigenvalue weighted by Gasteiger charge is -2.61. The van der Waals surface area contributed by atoms with E-state index >= 15 is 0 Å². The van der Waals surface area contributed by atoms with Crippen molar-refractivity contribution in [2.24, 2.45) is 5.41 Å². The second-order valence-electron chi connectivity index (χ2n) is 6.08. The molecule has 1 spiro atoms. The minimum Gasteiger partial charge on any atom is -0.378 e. The molecule has 1 aromatic heterocycles. The van der Waals surface area contributed by atoms with E-state index in [1.54, 1.807) is 11.4 Å². The highest BCUT2D eigenvalue weighted by Gasteiger charge is 2.59. The lowest BCUT2D eigenvalue weighted by Crippen LogP contribution is -2.68. The topological polar surface area (TPSA) is 67.4 Å². The highest BCUT2D eigenvalue weighted by molar-refractivity contribution is 7.08. The molecule has 2 amide bonds. The Morgan fingerprint density at radius 2 is 2.27 bits per heavy atom. The average Bonchev–Trinajstić information content (AvgIpc) is 2.96. The van der Waals surface area contributed by atoms with Crippen LogP contribution in [0.4, 0.5) is 0 Å². The molecule has 22 heavy (non-hydrogen) atoms. The maximum absolute atomic E-state index is 12.0. The lowest BCUT2D eigenvalue weighted by molar-refractivity contribution is -0.175. The molecule has 0 aliphatic heterocycles. The van der Waals surface area contributed by atoms with Gasteiger partial charge in [0.15, 0.2) is 0 Å². The number of thiophene rings is 1. The van der Waals surface area contributed by atoms with Crippen LogP contribution in [0.15, 0.2) is 16.8 Å². The van der Waals surface area contributed by atoms with Crippen LogP contribution in [0.1, 0.15) is 43.0 Å². The third-order valence-corrected chi connectivity index (χ3v) is 5.65. The van der Waals surface area contributed by atoms with E-state index in [0.717, 1.165) is 25.9 Å². The quantitative estimate of drug-likeness (QED) is 0.841. The number of carbonyl (C=O) groups excluding carboxylic acids is 2. The van der Waals surface area contributed by atoms with Gasteiger partial charge in [-0.2, -0.15) is 11.3 Å². The van der Waals surface area contributed by atoms with Gasteiger partial charge in [0.05, 0.1) is 12.6 Å². The zero-order chi connectivity index (χ0) is 15.6. The van der Waals surface area contributed by atoms with Crippen molar-refractivity contribution in [1.29, 1.82) is 0 Å². The molecule has 5 nitrogen and oxygen atoms in total. The molecule has 0 unspecified atom stereocenters. The number of amides is 2. The van der Waals surface area contributed by atoms with Gasteiger partial charge in [-0.1, -0.05) is 6.42 Å². The van der Waals surface area contributed by atoms with Gasteiger partial charge in [0.25, 0.3) is 5.91 Å². The molecule has 120 valence electrons. The Hall–Kier alpha value is -1.40. The van der Waals surface area contributed by atoms with E-state index in [2.05, 4.69) is 10.6 Å². The number of hydrogen-bond donors (Lipinski definition) is 2. The number of rotatable bonds is 6. The molecular formula is C16H22N2O3S. The van der Waals surface area contributed by atoms with Gasteiger partial charge in [0, 0.05) is 29.0 Å². The highest BCUT2D eigenvalue weighted by Crippen LogP contribution is 2.57. The number of nitrogens with one attached hydrogen (secondary N) is 2. The fourth-order valence-electron chi connectivity index (χ4n) is 3.54. The van der Waals surface area contributed by atoms with Crippen LogP contribution in [0, 0.1) is 5.41 Å². The SMILES string of the molecule is CCO[C@H]1C[C@@H](NC(=O)CNC(=O)c2ccsc2)C12CCC2. The minimum atomic E-state index is -0.199. The van der Waals surface area contributed by atoms with Crippen LogP contribution >= 0.6 is 11.3 Å². The number of hydrogen-bond acceptors (Lipinski definition) is 4.